The first-order valence-corrected chi connectivity index (χ1v) is 9.01. The molecule has 0 unspecified atom stereocenters. The number of para-hydroxylation sites is 2. The average Bonchev–Trinajstić information content (AvgIpc) is 2.66. The van der Waals surface area contributed by atoms with Crippen molar-refractivity contribution in [3.63, 3.8) is 0 Å². The smallest absolute Gasteiger partial charge is 0.266 e. The van der Waals surface area contributed by atoms with E-state index in [1.165, 1.54) is 11.8 Å². The minimum absolute atomic E-state index is 0.123. The van der Waals surface area contributed by atoms with Crippen LogP contribution in [0.4, 0.5) is 0 Å². The Kier molecular flexibility index (Phi) is 5.40. The van der Waals surface area contributed by atoms with E-state index in [1.54, 1.807) is 16.7 Å². The van der Waals surface area contributed by atoms with E-state index in [1.807, 2.05) is 43.3 Å². The molecule has 26 heavy (non-hydrogen) atoms. The van der Waals surface area contributed by atoms with E-state index in [0.29, 0.717) is 16.1 Å². The SMILES string of the molecule is C#CCNC(=O)CSc1nc2ccccc2c(=O)n1-c1ccccc1C. The lowest BCUT2D eigenvalue weighted by Crippen LogP contribution is -2.27. The van der Waals surface area contributed by atoms with Gasteiger partial charge in [-0.3, -0.25) is 14.2 Å². The van der Waals surface area contributed by atoms with E-state index in [-0.39, 0.29) is 23.8 Å². The largest absolute Gasteiger partial charge is 0.344 e. The summed E-state index contributed by atoms with van der Waals surface area (Å²) in [5, 5.41) is 3.62. The van der Waals surface area contributed by atoms with Crippen molar-refractivity contribution >= 4 is 28.6 Å². The fraction of sp³-hybridized carbons (Fsp3) is 0.150. The fourth-order valence-electron chi connectivity index (χ4n) is 2.57. The summed E-state index contributed by atoms with van der Waals surface area (Å²) < 4.78 is 1.57. The van der Waals surface area contributed by atoms with Gasteiger partial charge in [-0.25, -0.2) is 4.98 Å². The number of nitrogens with zero attached hydrogens (tertiary/aromatic N) is 2. The highest BCUT2D eigenvalue weighted by Gasteiger charge is 2.15. The highest BCUT2D eigenvalue weighted by atomic mass is 32.2. The summed E-state index contributed by atoms with van der Waals surface area (Å²) in [6.45, 7) is 2.11. The number of hydrogen-bond acceptors (Lipinski definition) is 4. The summed E-state index contributed by atoms with van der Waals surface area (Å²) in [7, 11) is 0. The third-order valence-corrected chi connectivity index (χ3v) is 4.76. The number of fused-ring (bicyclic) bond motifs is 1. The molecular weight excluding hydrogens is 346 g/mol. The molecule has 0 spiro atoms. The Morgan fingerprint density at radius 3 is 2.73 bits per heavy atom. The number of thioether (sulfide) groups is 1. The second-order valence-electron chi connectivity index (χ2n) is 5.61. The highest BCUT2D eigenvalue weighted by molar-refractivity contribution is 7.99. The molecule has 5 nitrogen and oxygen atoms in total. The van der Waals surface area contributed by atoms with Crippen LogP contribution in [-0.4, -0.2) is 27.8 Å². The number of carbonyl (C=O) groups is 1. The Hall–Kier alpha value is -3.04. The molecule has 0 aliphatic heterocycles. The van der Waals surface area contributed by atoms with Crippen molar-refractivity contribution in [1.29, 1.82) is 0 Å². The molecule has 0 bridgehead atoms. The van der Waals surface area contributed by atoms with Crippen LogP contribution in [0, 0.1) is 19.3 Å². The van der Waals surface area contributed by atoms with Crippen LogP contribution in [0.1, 0.15) is 5.56 Å². The molecular formula is C20H17N3O2S. The second kappa shape index (κ2) is 7.89. The van der Waals surface area contributed by atoms with Crippen LogP contribution in [0.15, 0.2) is 58.5 Å². The van der Waals surface area contributed by atoms with Gasteiger partial charge in [-0.2, -0.15) is 0 Å². The Bertz CT molecular complexity index is 1070. The topological polar surface area (TPSA) is 64.0 Å². The van der Waals surface area contributed by atoms with E-state index in [2.05, 4.69) is 16.2 Å². The fourth-order valence-corrected chi connectivity index (χ4v) is 3.40. The van der Waals surface area contributed by atoms with Gasteiger partial charge in [0.05, 0.1) is 28.9 Å². The minimum Gasteiger partial charge on any atom is -0.344 e. The molecule has 0 aliphatic carbocycles. The standard InChI is InChI=1S/C20H17N3O2S/c1-3-12-21-18(24)13-26-20-22-16-10-6-5-9-15(16)19(25)23(20)17-11-7-4-8-14(17)2/h1,4-11H,12-13H2,2H3,(H,21,24). The molecule has 2 aromatic carbocycles. The van der Waals surface area contributed by atoms with Gasteiger partial charge in [0.25, 0.3) is 5.56 Å². The van der Waals surface area contributed by atoms with Crippen molar-refractivity contribution in [3.05, 3.63) is 64.4 Å². The number of hydrogen-bond donors (Lipinski definition) is 1. The Balaban J connectivity index is 2.10. The number of nitrogens with one attached hydrogen (secondary N) is 1. The van der Waals surface area contributed by atoms with Gasteiger partial charge in [-0.05, 0) is 30.7 Å². The summed E-state index contributed by atoms with van der Waals surface area (Å²) in [6.07, 6.45) is 5.15. The molecule has 1 heterocycles. The molecule has 130 valence electrons. The summed E-state index contributed by atoms with van der Waals surface area (Å²) in [5.74, 6) is 2.28. The zero-order chi connectivity index (χ0) is 18.5. The summed E-state index contributed by atoms with van der Waals surface area (Å²) in [4.78, 5) is 29.6. The number of amides is 1. The second-order valence-corrected chi connectivity index (χ2v) is 6.55. The molecule has 0 fully saturated rings. The van der Waals surface area contributed by atoms with Crippen molar-refractivity contribution in [1.82, 2.24) is 14.9 Å². The first-order valence-electron chi connectivity index (χ1n) is 8.02. The number of aryl methyl sites for hydroxylation is 1. The molecule has 1 N–H and O–H groups in total. The van der Waals surface area contributed by atoms with Crippen molar-refractivity contribution in [2.75, 3.05) is 12.3 Å². The van der Waals surface area contributed by atoms with E-state index in [9.17, 15) is 9.59 Å². The first-order chi connectivity index (χ1) is 12.6. The number of rotatable bonds is 5. The molecule has 1 amide bonds. The predicted molar refractivity (Wildman–Crippen MR) is 105 cm³/mol. The maximum atomic E-state index is 13.1. The third kappa shape index (κ3) is 3.63. The number of aromatic nitrogens is 2. The van der Waals surface area contributed by atoms with Crippen LogP contribution in [0.3, 0.4) is 0 Å². The van der Waals surface area contributed by atoms with Crippen LogP contribution in [0.2, 0.25) is 0 Å². The first kappa shape index (κ1) is 17.8. The number of terminal acetylenes is 1. The van der Waals surface area contributed by atoms with Crippen LogP contribution in [0.5, 0.6) is 0 Å². The van der Waals surface area contributed by atoms with Gasteiger partial charge in [0, 0.05) is 0 Å². The molecule has 3 rings (SSSR count). The molecule has 0 saturated carbocycles. The van der Waals surface area contributed by atoms with Crippen molar-refractivity contribution < 1.29 is 4.79 Å². The monoisotopic (exact) mass is 363 g/mol. The van der Waals surface area contributed by atoms with Gasteiger partial charge >= 0.3 is 0 Å². The molecule has 0 radical (unpaired) electrons. The lowest BCUT2D eigenvalue weighted by molar-refractivity contribution is -0.118. The summed E-state index contributed by atoms with van der Waals surface area (Å²) in [5.41, 5.74) is 2.15. The zero-order valence-corrected chi connectivity index (χ0v) is 15.0. The van der Waals surface area contributed by atoms with Gasteiger partial charge in [-0.15, -0.1) is 6.42 Å². The number of carbonyl (C=O) groups excluding carboxylic acids is 1. The highest BCUT2D eigenvalue weighted by Crippen LogP contribution is 2.22. The van der Waals surface area contributed by atoms with E-state index in [4.69, 9.17) is 6.42 Å². The van der Waals surface area contributed by atoms with Crippen LogP contribution >= 0.6 is 11.8 Å². The van der Waals surface area contributed by atoms with Crippen molar-refractivity contribution in [2.24, 2.45) is 0 Å². The minimum atomic E-state index is -0.202. The summed E-state index contributed by atoms with van der Waals surface area (Å²) >= 11 is 1.21. The van der Waals surface area contributed by atoms with Crippen LogP contribution < -0.4 is 10.9 Å². The molecule has 1 aromatic heterocycles. The van der Waals surface area contributed by atoms with Gasteiger partial charge in [0.2, 0.25) is 5.91 Å². The predicted octanol–water partition coefficient (Wildman–Crippen LogP) is 2.54. The maximum Gasteiger partial charge on any atom is 0.266 e. The van der Waals surface area contributed by atoms with E-state index in [0.717, 1.165) is 11.3 Å². The molecule has 3 aromatic rings. The normalized spacial score (nSPS) is 10.5. The van der Waals surface area contributed by atoms with Crippen LogP contribution in [0.25, 0.3) is 16.6 Å². The van der Waals surface area contributed by atoms with Crippen LogP contribution in [-0.2, 0) is 4.79 Å². The average molecular weight is 363 g/mol. The Morgan fingerprint density at radius 1 is 1.23 bits per heavy atom. The molecule has 0 atom stereocenters. The zero-order valence-electron chi connectivity index (χ0n) is 14.2. The van der Waals surface area contributed by atoms with E-state index < -0.39 is 0 Å². The Morgan fingerprint density at radius 2 is 1.96 bits per heavy atom. The van der Waals surface area contributed by atoms with Gasteiger partial charge in [-0.1, -0.05) is 48.0 Å². The molecule has 0 aliphatic rings. The summed E-state index contributed by atoms with van der Waals surface area (Å²) in [6, 6.07) is 14.8. The Labute approximate surface area is 155 Å². The maximum absolute atomic E-state index is 13.1. The van der Waals surface area contributed by atoms with Gasteiger partial charge in [0.15, 0.2) is 5.16 Å². The van der Waals surface area contributed by atoms with Gasteiger partial charge < -0.3 is 5.32 Å². The van der Waals surface area contributed by atoms with E-state index >= 15 is 0 Å². The van der Waals surface area contributed by atoms with Crippen molar-refractivity contribution in [3.8, 4) is 18.0 Å². The lowest BCUT2D eigenvalue weighted by atomic mass is 10.2. The number of benzene rings is 2. The van der Waals surface area contributed by atoms with Gasteiger partial charge in [0.1, 0.15) is 0 Å². The quantitative estimate of drug-likeness (QED) is 0.430. The third-order valence-electron chi connectivity index (χ3n) is 3.82. The van der Waals surface area contributed by atoms with Crippen molar-refractivity contribution in [2.45, 2.75) is 12.1 Å². The lowest BCUT2D eigenvalue weighted by Gasteiger charge is -2.15. The molecule has 0 saturated heterocycles. The molecule has 6 heteroatoms.